The molecular weight excluding hydrogens is 332 g/mol. The average molecular weight is 361 g/mol. The van der Waals surface area contributed by atoms with Crippen molar-refractivity contribution in [1.29, 1.82) is 0 Å². The second-order valence-corrected chi connectivity index (χ2v) is 10.4. The van der Waals surface area contributed by atoms with Crippen molar-refractivity contribution in [1.82, 2.24) is 9.21 Å². The van der Waals surface area contributed by atoms with Crippen molar-refractivity contribution in [2.24, 2.45) is 0 Å². The summed E-state index contributed by atoms with van der Waals surface area (Å²) in [6, 6.07) is 0. The summed E-state index contributed by atoms with van der Waals surface area (Å²) in [5, 5.41) is 1.39. The van der Waals surface area contributed by atoms with E-state index in [-0.39, 0.29) is 0 Å². The minimum atomic E-state index is 0.397. The van der Waals surface area contributed by atoms with Gasteiger partial charge in [0.2, 0.25) is 0 Å². The maximum atomic E-state index is 5.55. The van der Waals surface area contributed by atoms with Crippen molar-refractivity contribution in [2.45, 2.75) is 73.6 Å². The molecule has 22 heavy (non-hydrogen) atoms. The first-order valence-corrected chi connectivity index (χ1v) is 11.5. The van der Waals surface area contributed by atoms with Gasteiger partial charge in [0.25, 0.3) is 0 Å². The predicted octanol–water partition coefficient (Wildman–Crippen LogP) is 3.81. The first-order chi connectivity index (χ1) is 10.7. The van der Waals surface area contributed by atoms with Crippen LogP contribution in [0.1, 0.15) is 51.9 Å². The van der Waals surface area contributed by atoms with E-state index in [0.717, 1.165) is 18.5 Å². The van der Waals surface area contributed by atoms with Gasteiger partial charge in [0.05, 0.1) is 24.1 Å². The lowest BCUT2D eigenvalue weighted by Crippen LogP contribution is -2.60. The Morgan fingerprint density at radius 1 is 1.14 bits per heavy atom. The van der Waals surface area contributed by atoms with Crippen molar-refractivity contribution in [3.8, 4) is 0 Å². The van der Waals surface area contributed by atoms with Crippen LogP contribution in [0.15, 0.2) is 0 Å². The third-order valence-corrected chi connectivity index (χ3v) is 9.03. The molecule has 126 valence electrons. The highest BCUT2D eigenvalue weighted by Gasteiger charge is 2.51. The molecule has 0 N–H and O–H groups in total. The summed E-state index contributed by atoms with van der Waals surface area (Å²) in [5.74, 6) is 0. The third kappa shape index (κ3) is 2.66. The van der Waals surface area contributed by atoms with Crippen molar-refractivity contribution in [3.05, 3.63) is 0 Å². The van der Waals surface area contributed by atoms with E-state index >= 15 is 0 Å². The first kappa shape index (κ1) is 16.4. The van der Waals surface area contributed by atoms with E-state index in [1.807, 2.05) is 0 Å². The van der Waals surface area contributed by atoms with Gasteiger partial charge in [-0.15, -0.1) is 11.8 Å². The summed E-state index contributed by atoms with van der Waals surface area (Å²) in [6.45, 7) is 6.82. The molecule has 4 rings (SSSR count). The number of likely N-dealkylation sites (tertiary alicyclic amines) is 1. The van der Waals surface area contributed by atoms with E-state index in [1.165, 1.54) is 58.0 Å². The quantitative estimate of drug-likeness (QED) is 0.464. The van der Waals surface area contributed by atoms with Gasteiger partial charge in [-0.1, -0.05) is 24.5 Å². The molecule has 1 saturated carbocycles. The maximum absolute atomic E-state index is 5.55. The Hall–Kier alpha value is 0.930. The highest BCUT2D eigenvalue weighted by Crippen LogP contribution is 2.51. The Bertz CT molecular complexity index is 412. The summed E-state index contributed by atoms with van der Waals surface area (Å²) in [6.07, 6.45) is 9.63. The highest BCUT2D eigenvalue weighted by atomic mass is 33.1. The lowest BCUT2D eigenvalue weighted by molar-refractivity contribution is -0.124. The molecule has 2 spiro atoms. The SMILES string of the molecule is CC(SC1CN(SS)C2(CCCC2)C1)N1CCCC12COC2. The first-order valence-electron chi connectivity index (χ1n) is 8.77. The number of thioether (sulfide) groups is 1. The van der Waals surface area contributed by atoms with Gasteiger partial charge in [0, 0.05) is 23.9 Å². The lowest BCUT2D eigenvalue weighted by Gasteiger charge is -2.48. The summed E-state index contributed by atoms with van der Waals surface area (Å²) in [5.41, 5.74) is 0.861. The monoisotopic (exact) mass is 360 g/mol. The van der Waals surface area contributed by atoms with Gasteiger partial charge in [-0.25, -0.2) is 4.31 Å². The molecule has 4 aliphatic rings. The molecule has 3 heterocycles. The van der Waals surface area contributed by atoms with Crippen LogP contribution in [0.2, 0.25) is 0 Å². The molecule has 1 aliphatic carbocycles. The summed E-state index contributed by atoms with van der Waals surface area (Å²) in [4.78, 5) is 2.75. The lowest BCUT2D eigenvalue weighted by atomic mass is 9.94. The van der Waals surface area contributed by atoms with E-state index in [2.05, 4.69) is 39.6 Å². The van der Waals surface area contributed by atoms with Gasteiger partial charge < -0.3 is 4.74 Å². The number of hydrogen-bond acceptors (Lipinski definition) is 6. The topological polar surface area (TPSA) is 15.7 Å². The molecule has 2 atom stereocenters. The van der Waals surface area contributed by atoms with Gasteiger partial charge in [0.1, 0.15) is 0 Å². The molecule has 3 aliphatic heterocycles. The molecule has 0 aromatic rings. The summed E-state index contributed by atoms with van der Waals surface area (Å²) in [7, 11) is 1.69. The zero-order valence-corrected chi connectivity index (χ0v) is 16.0. The van der Waals surface area contributed by atoms with E-state index < -0.39 is 0 Å². The van der Waals surface area contributed by atoms with Crippen molar-refractivity contribution < 1.29 is 4.74 Å². The number of ether oxygens (including phenoxy) is 1. The minimum Gasteiger partial charge on any atom is -0.377 e. The number of hydrogen-bond donors (Lipinski definition) is 1. The van der Waals surface area contributed by atoms with Crippen LogP contribution >= 0.6 is 34.4 Å². The van der Waals surface area contributed by atoms with Gasteiger partial charge >= 0.3 is 0 Å². The number of nitrogens with zero attached hydrogens (tertiary/aromatic N) is 2. The standard InChI is InChI=1S/C16H28N2OS3/c1-13(17-8-4-7-16(17)11-19-12-16)21-14-9-15(5-2-3-6-15)18(10-14)22-20/h13-14,20H,2-12H2,1H3. The third-order valence-electron chi connectivity index (χ3n) is 6.36. The largest absolute Gasteiger partial charge is 0.377 e. The van der Waals surface area contributed by atoms with Crippen molar-refractivity contribution in [3.63, 3.8) is 0 Å². The molecule has 0 radical (unpaired) electrons. The van der Waals surface area contributed by atoms with Crippen LogP contribution in [0.3, 0.4) is 0 Å². The summed E-state index contributed by atoms with van der Waals surface area (Å²) < 4.78 is 8.15. The smallest absolute Gasteiger partial charge is 0.0687 e. The van der Waals surface area contributed by atoms with Crippen molar-refractivity contribution in [2.75, 3.05) is 26.3 Å². The Kier molecular flexibility index (Phi) is 4.73. The van der Waals surface area contributed by atoms with E-state index in [9.17, 15) is 0 Å². The van der Waals surface area contributed by atoms with Gasteiger partial charge in [-0.05, 0) is 50.0 Å². The highest BCUT2D eigenvalue weighted by molar-refractivity contribution is 8.67. The molecule has 0 bridgehead atoms. The zero-order chi connectivity index (χ0) is 15.2. The molecule has 0 aromatic carbocycles. The van der Waals surface area contributed by atoms with Gasteiger partial charge in [0.15, 0.2) is 0 Å². The maximum Gasteiger partial charge on any atom is 0.0687 e. The van der Waals surface area contributed by atoms with Crippen LogP contribution < -0.4 is 0 Å². The van der Waals surface area contributed by atoms with E-state index in [0.29, 0.717) is 16.5 Å². The minimum absolute atomic E-state index is 0.397. The Balaban J connectivity index is 1.39. The molecule has 0 aromatic heterocycles. The average Bonchev–Trinajstić information content (AvgIpc) is 3.17. The zero-order valence-electron chi connectivity index (χ0n) is 13.5. The van der Waals surface area contributed by atoms with Crippen LogP contribution in [-0.2, 0) is 4.74 Å². The second-order valence-electron chi connectivity index (χ2n) is 7.65. The van der Waals surface area contributed by atoms with Crippen molar-refractivity contribution >= 4 is 34.4 Å². The van der Waals surface area contributed by atoms with Gasteiger partial charge in [-0.3, -0.25) is 4.90 Å². The number of rotatable bonds is 4. The second kappa shape index (κ2) is 6.34. The Morgan fingerprint density at radius 2 is 1.86 bits per heavy atom. The molecule has 6 heteroatoms. The summed E-state index contributed by atoms with van der Waals surface area (Å²) >= 11 is 6.76. The fourth-order valence-electron chi connectivity index (χ4n) is 5.19. The Labute approximate surface area is 148 Å². The molecular formula is C16H28N2OS3. The predicted molar refractivity (Wildman–Crippen MR) is 99.4 cm³/mol. The van der Waals surface area contributed by atoms with Crippen LogP contribution in [0.5, 0.6) is 0 Å². The molecule has 2 unspecified atom stereocenters. The van der Waals surface area contributed by atoms with E-state index in [4.69, 9.17) is 4.74 Å². The fourth-order valence-corrected chi connectivity index (χ4v) is 8.36. The van der Waals surface area contributed by atoms with Crippen LogP contribution in [0.4, 0.5) is 0 Å². The van der Waals surface area contributed by atoms with Crippen LogP contribution in [0.25, 0.3) is 0 Å². The fraction of sp³-hybridized carbons (Fsp3) is 1.00. The van der Waals surface area contributed by atoms with Gasteiger partial charge in [-0.2, -0.15) is 0 Å². The molecule has 3 saturated heterocycles. The molecule has 4 fully saturated rings. The molecule has 3 nitrogen and oxygen atoms in total. The normalized spacial score (nSPS) is 35.5. The van der Waals surface area contributed by atoms with E-state index in [1.54, 1.807) is 11.0 Å². The number of thiol groups is 1. The van der Waals surface area contributed by atoms with Crippen LogP contribution in [0, 0.1) is 0 Å². The Morgan fingerprint density at radius 3 is 2.50 bits per heavy atom. The molecule has 0 amide bonds. The van der Waals surface area contributed by atoms with Crippen LogP contribution in [-0.4, -0.2) is 57.2 Å².